The predicted octanol–water partition coefficient (Wildman–Crippen LogP) is 4.94. The summed E-state index contributed by atoms with van der Waals surface area (Å²) in [7, 11) is 0. The Morgan fingerprint density at radius 1 is 0.912 bits per heavy atom. The molecule has 4 bridgehead atoms. The van der Waals surface area contributed by atoms with E-state index in [2.05, 4.69) is 47.1 Å². The molecule has 5 aliphatic rings. The highest BCUT2D eigenvalue weighted by molar-refractivity contribution is 5.83. The molecule has 2 heterocycles. The summed E-state index contributed by atoms with van der Waals surface area (Å²) in [5, 5.41) is 0. The minimum absolute atomic E-state index is 0.0372. The number of carbonyl (C=O) groups excluding carboxylic acids is 1. The van der Waals surface area contributed by atoms with Crippen molar-refractivity contribution in [2.45, 2.75) is 65.2 Å². The van der Waals surface area contributed by atoms with E-state index in [-0.39, 0.29) is 5.41 Å². The molecule has 1 amide bonds. The molecule has 180 valence electrons. The maximum absolute atomic E-state index is 13.9. The quantitative estimate of drug-likeness (QED) is 0.651. The second kappa shape index (κ2) is 8.66. The molecule has 5 fully saturated rings. The third-order valence-electron chi connectivity index (χ3n) is 9.10. The van der Waals surface area contributed by atoms with Gasteiger partial charge in [0.2, 0.25) is 5.91 Å². The van der Waals surface area contributed by atoms with E-state index in [9.17, 15) is 4.79 Å². The van der Waals surface area contributed by atoms with Crippen LogP contribution < -0.4 is 4.90 Å². The van der Waals surface area contributed by atoms with Crippen LogP contribution in [0.15, 0.2) is 30.3 Å². The van der Waals surface area contributed by atoms with Crippen molar-refractivity contribution in [3.63, 3.8) is 0 Å². The topological polar surface area (TPSA) is 49.3 Å². The fourth-order valence-electron chi connectivity index (χ4n) is 8.03. The van der Waals surface area contributed by atoms with Crippen molar-refractivity contribution in [2.24, 2.45) is 23.2 Å². The van der Waals surface area contributed by atoms with E-state index < -0.39 is 0 Å². The summed E-state index contributed by atoms with van der Waals surface area (Å²) in [6.45, 7) is 7.60. The molecule has 0 radical (unpaired) electrons. The Bertz CT molecular complexity index is 1030. The molecule has 4 aliphatic carbocycles. The zero-order chi connectivity index (χ0) is 23.3. The third kappa shape index (κ3) is 4.01. The lowest BCUT2D eigenvalue weighted by Crippen LogP contribution is -2.55. The van der Waals surface area contributed by atoms with Crippen molar-refractivity contribution in [3.8, 4) is 0 Å². The van der Waals surface area contributed by atoms with Gasteiger partial charge in [-0.3, -0.25) is 4.79 Å². The predicted molar refractivity (Wildman–Crippen MR) is 135 cm³/mol. The van der Waals surface area contributed by atoms with Crippen LogP contribution in [-0.4, -0.2) is 47.0 Å². The molecule has 1 aliphatic heterocycles. The summed E-state index contributed by atoms with van der Waals surface area (Å²) in [5.74, 6) is 4.81. The number of anilines is 1. The van der Waals surface area contributed by atoms with Crippen LogP contribution in [0.3, 0.4) is 0 Å². The van der Waals surface area contributed by atoms with Crippen molar-refractivity contribution in [1.29, 1.82) is 0 Å². The lowest BCUT2D eigenvalue weighted by atomic mass is 9.49. The molecule has 7 rings (SSSR count). The summed E-state index contributed by atoms with van der Waals surface area (Å²) in [6, 6.07) is 10.6. The van der Waals surface area contributed by atoms with Gasteiger partial charge in [0.25, 0.3) is 0 Å². The van der Waals surface area contributed by atoms with Crippen molar-refractivity contribution in [1.82, 2.24) is 14.9 Å². The number of amides is 1. The lowest BCUT2D eigenvalue weighted by molar-refractivity contribution is -0.157. The van der Waals surface area contributed by atoms with E-state index in [4.69, 9.17) is 9.97 Å². The fraction of sp³-hybridized carbons (Fsp3) is 0.621. The van der Waals surface area contributed by atoms with E-state index in [1.807, 2.05) is 6.92 Å². The highest BCUT2D eigenvalue weighted by atomic mass is 16.2. The summed E-state index contributed by atoms with van der Waals surface area (Å²) >= 11 is 0. The zero-order valence-corrected chi connectivity index (χ0v) is 20.8. The van der Waals surface area contributed by atoms with Gasteiger partial charge in [0, 0.05) is 43.9 Å². The van der Waals surface area contributed by atoms with Crippen molar-refractivity contribution < 1.29 is 4.79 Å². The van der Waals surface area contributed by atoms with Crippen LogP contribution >= 0.6 is 0 Å². The number of hydrogen-bond donors (Lipinski definition) is 0. The van der Waals surface area contributed by atoms with Crippen LogP contribution in [0.5, 0.6) is 0 Å². The first-order valence-electron chi connectivity index (χ1n) is 13.4. The largest absolute Gasteiger partial charge is 0.354 e. The first kappa shape index (κ1) is 22.1. The van der Waals surface area contributed by atoms with Gasteiger partial charge in [-0.25, -0.2) is 9.97 Å². The van der Waals surface area contributed by atoms with Gasteiger partial charge in [-0.15, -0.1) is 0 Å². The van der Waals surface area contributed by atoms with Crippen LogP contribution in [0, 0.1) is 37.0 Å². The van der Waals surface area contributed by atoms with E-state index in [1.165, 1.54) is 30.4 Å². The number of aryl methyl sites for hydroxylation is 2. The number of nitrogens with zero attached hydrogens (tertiary/aromatic N) is 4. The normalized spacial score (nSPS) is 30.5. The Balaban J connectivity index is 1.21. The highest BCUT2D eigenvalue weighted by Gasteiger charge is 2.55. The summed E-state index contributed by atoms with van der Waals surface area (Å²) in [5.41, 5.74) is 3.53. The maximum atomic E-state index is 13.9. The van der Waals surface area contributed by atoms with Crippen LogP contribution in [0.25, 0.3) is 0 Å². The number of carbonyl (C=O) groups is 1. The molecule has 4 saturated carbocycles. The average Bonchev–Trinajstić information content (AvgIpc) is 3.06. The van der Waals surface area contributed by atoms with Crippen molar-refractivity contribution in [2.75, 3.05) is 31.1 Å². The minimum atomic E-state index is -0.0372. The number of benzene rings is 1. The van der Waals surface area contributed by atoms with Crippen LogP contribution in [0.4, 0.5) is 5.82 Å². The van der Waals surface area contributed by atoms with E-state index in [0.717, 1.165) is 93.4 Å². The van der Waals surface area contributed by atoms with Gasteiger partial charge in [0.15, 0.2) is 0 Å². The average molecular weight is 459 g/mol. The SMILES string of the molecule is Cc1nc(C)c(Cc2ccccc2)c(N2CCCN(C(=O)C34CC5CC(CC(C5)C3)C4)CC2)n1. The molecule has 5 heteroatoms. The Morgan fingerprint density at radius 2 is 1.59 bits per heavy atom. The highest BCUT2D eigenvalue weighted by Crippen LogP contribution is 2.60. The molecule has 0 N–H and O–H groups in total. The first-order valence-corrected chi connectivity index (χ1v) is 13.4. The number of hydrogen-bond acceptors (Lipinski definition) is 4. The number of rotatable bonds is 4. The maximum Gasteiger partial charge on any atom is 0.228 e. The Morgan fingerprint density at radius 3 is 2.26 bits per heavy atom. The van der Waals surface area contributed by atoms with Crippen LogP contribution in [-0.2, 0) is 11.2 Å². The third-order valence-corrected chi connectivity index (χ3v) is 9.10. The molecule has 2 aromatic rings. The van der Waals surface area contributed by atoms with Gasteiger partial charge in [-0.2, -0.15) is 0 Å². The molecule has 0 unspecified atom stereocenters. The van der Waals surface area contributed by atoms with E-state index in [0.29, 0.717) is 5.91 Å². The summed E-state index contributed by atoms with van der Waals surface area (Å²) in [4.78, 5) is 28.2. The first-order chi connectivity index (χ1) is 16.5. The van der Waals surface area contributed by atoms with E-state index >= 15 is 0 Å². The Hall–Kier alpha value is -2.43. The molecule has 1 aromatic heterocycles. The van der Waals surface area contributed by atoms with Gasteiger partial charge in [0.05, 0.1) is 5.41 Å². The summed E-state index contributed by atoms with van der Waals surface area (Å²) < 4.78 is 0. The van der Waals surface area contributed by atoms with Crippen molar-refractivity contribution >= 4 is 11.7 Å². The van der Waals surface area contributed by atoms with Gasteiger partial charge in [-0.05, 0) is 82.1 Å². The van der Waals surface area contributed by atoms with Gasteiger partial charge >= 0.3 is 0 Å². The number of aromatic nitrogens is 2. The van der Waals surface area contributed by atoms with Crippen LogP contribution in [0.1, 0.15) is 67.6 Å². The molecule has 0 atom stereocenters. The second-order valence-electron chi connectivity index (χ2n) is 11.7. The molecule has 5 nitrogen and oxygen atoms in total. The smallest absolute Gasteiger partial charge is 0.228 e. The van der Waals surface area contributed by atoms with Crippen molar-refractivity contribution in [3.05, 3.63) is 53.0 Å². The molecular weight excluding hydrogens is 420 g/mol. The lowest BCUT2D eigenvalue weighted by Gasteiger charge is -2.56. The summed E-state index contributed by atoms with van der Waals surface area (Å²) in [6.07, 6.45) is 9.47. The molecule has 1 saturated heterocycles. The second-order valence-corrected chi connectivity index (χ2v) is 11.7. The minimum Gasteiger partial charge on any atom is -0.354 e. The van der Waals surface area contributed by atoms with E-state index in [1.54, 1.807) is 0 Å². The van der Waals surface area contributed by atoms with Crippen LogP contribution in [0.2, 0.25) is 0 Å². The Labute approximate surface area is 204 Å². The standard InChI is InChI=1S/C29H38N4O/c1-20-26(16-22-7-4-3-5-8-22)27(31-21(2)30-20)32-9-6-10-33(12-11-32)28(34)29-17-23-13-24(18-29)15-25(14-23)19-29/h3-5,7-8,23-25H,6,9-19H2,1-2H3. The van der Waals surface area contributed by atoms with Gasteiger partial charge in [0.1, 0.15) is 11.6 Å². The van der Waals surface area contributed by atoms with Gasteiger partial charge in [-0.1, -0.05) is 30.3 Å². The molecular formula is C29H38N4O. The molecule has 34 heavy (non-hydrogen) atoms. The molecule has 0 spiro atoms. The molecule has 1 aromatic carbocycles. The van der Waals surface area contributed by atoms with Gasteiger partial charge < -0.3 is 9.80 Å². The fourth-order valence-corrected chi connectivity index (χ4v) is 8.03. The zero-order valence-electron chi connectivity index (χ0n) is 20.8. The monoisotopic (exact) mass is 458 g/mol. The Kier molecular flexibility index (Phi) is 5.62.